The van der Waals surface area contributed by atoms with Gasteiger partial charge in [0, 0.05) is 6.54 Å². The molecule has 0 spiro atoms. The quantitative estimate of drug-likeness (QED) is 0.575. The van der Waals surface area contributed by atoms with E-state index < -0.39 is 0 Å². The molecule has 0 bridgehead atoms. The normalized spacial score (nSPS) is 13.9. The van der Waals surface area contributed by atoms with Crippen LogP contribution >= 0.6 is 0 Å². The van der Waals surface area contributed by atoms with E-state index in [1.807, 2.05) is 0 Å². The van der Waals surface area contributed by atoms with E-state index in [9.17, 15) is 0 Å². The highest BCUT2D eigenvalue weighted by molar-refractivity contribution is 4.65. The summed E-state index contributed by atoms with van der Waals surface area (Å²) in [5.74, 6) is 1.75. The van der Waals surface area contributed by atoms with Crippen molar-refractivity contribution in [2.45, 2.75) is 53.9 Å². The molecular weight excluding hydrogens is 170 g/mol. The molecule has 86 valence electrons. The second-order valence-corrected chi connectivity index (χ2v) is 4.80. The molecule has 0 amide bonds. The first kappa shape index (κ1) is 14.0. The van der Waals surface area contributed by atoms with Crippen molar-refractivity contribution in [2.24, 2.45) is 11.8 Å². The maximum atomic E-state index is 2.59. The number of rotatable bonds is 8. The zero-order valence-corrected chi connectivity index (χ0v) is 10.8. The molecule has 0 aliphatic heterocycles. The van der Waals surface area contributed by atoms with E-state index in [4.69, 9.17) is 0 Å². The Morgan fingerprint density at radius 1 is 1.07 bits per heavy atom. The second-order valence-electron chi connectivity index (χ2n) is 4.80. The van der Waals surface area contributed by atoms with Crippen LogP contribution in [-0.2, 0) is 0 Å². The van der Waals surface area contributed by atoms with Crippen molar-refractivity contribution in [3.05, 3.63) is 0 Å². The summed E-state index contributed by atoms with van der Waals surface area (Å²) < 4.78 is 0. The molecule has 0 heterocycles. The summed E-state index contributed by atoms with van der Waals surface area (Å²) in [7, 11) is 0. The number of hydrogen-bond donors (Lipinski definition) is 0. The molecule has 1 atom stereocenters. The van der Waals surface area contributed by atoms with Crippen molar-refractivity contribution in [3.63, 3.8) is 0 Å². The van der Waals surface area contributed by atoms with Crippen LogP contribution in [0.1, 0.15) is 53.9 Å². The summed E-state index contributed by atoms with van der Waals surface area (Å²) in [6.07, 6.45) is 4.00. The maximum Gasteiger partial charge on any atom is 0.000953 e. The lowest BCUT2D eigenvalue weighted by molar-refractivity contribution is 0.219. The minimum Gasteiger partial charge on any atom is -0.303 e. The van der Waals surface area contributed by atoms with Gasteiger partial charge in [-0.15, -0.1) is 0 Å². The SMILES string of the molecule is CCCN(CC)CC(CC)CC(C)C. The van der Waals surface area contributed by atoms with Crippen LogP contribution in [0.3, 0.4) is 0 Å². The maximum absolute atomic E-state index is 2.59. The zero-order valence-electron chi connectivity index (χ0n) is 10.8. The molecule has 1 nitrogen and oxygen atoms in total. The number of hydrogen-bond acceptors (Lipinski definition) is 1. The standard InChI is InChI=1S/C13H29N/c1-6-9-14(8-3)11-13(7-2)10-12(4)5/h12-13H,6-11H2,1-5H3. The molecule has 0 aromatic carbocycles. The summed E-state index contributed by atoms with van der Waals surface area (Å²) >= 11 is 0. The first-order valence-electron chi connectivity index (χ1n) is 6.36. The Balaban J connectivity index is 3.87. The van der Waals surface area contributed by atoms with Crippen LogP contribution < -0.4 is 0 Å². The third-order valence-corrected chi connectivity index (χ3v) is 2.89. The van der Waals surface area contributed by atoms with Gasteiger partial charge in [0.15, 0.2) is 0 Å². The molecule has 1 unspecified atom stereocenters. The molecule has 1 heteroatoms. The Kier molecular flexibility index (Phi) is 8.26. The van der Waals surface area contributed by atoms with Gasteiger partial charge in [-0.05, 0) is 37.8 Å². The van der Waals surface area contributed by atoms with Crippen molar-refractivity contribution in [1.82, 2.24) is 4.90 Å². The van der Waals surface area contributed by atoms with Crippen LogP contribution in [0.4, 0.5) is 0 Å². The monoisotopic (exact) mass is 199 g/mol. The predicted molar refractivity (Wildman–Crippen MR) is 65.6 cm³/mol. The van der Waals surface area contributed by atoms with Crippen LogP contribution in [0.5, 0.6) is 0 Å². The van der Waals surface area contributed by atoms with E-state index in [2.05, 4.69) is 39.5 Å². The van der Waals surface area contributed by atoms with Gasteiger partial charge >= 0.3 is 0 Å². The third-order valence-electron chi connectivity index (χ3n) is 2.89. The smallest absolute Gasteiger partial charge is 0.000953 e. The van der Waals surface area contributed by atoms with E-state index in [0.717, 1.165) is 11.8 Å². The lowest BCUT2D eigenvalue weighted by atomic mass is 9.94. The Bertz CT molecular complexity index is 120. The summed E-state index contributed by atoms with van der Waals surface area (Å²) in [4.78, 5) is 2.59. The molecule has 0 radical (unpaired) electrons. The molecule has 0 saturated heterocycles. The van der Waals surface area contributed by atoms with Gasteiger partial charge in [-0.1, -0.05) is 41.0 Å². The van der Waals surface area contributed by atoms with Crippen molar-refractivity contribution in [2.75, 3.05) is 19.6 Å². The zero-order chi connectivity index (χ0) is 11.0. The Hall–Kier alpha value is -0.0400. The van der Waals surface area contributed by atoms with E-state index in [1.54, 1.807) is 0 Å². The van der Waals surface area contributed by atoms with Gasteiger partial charge in [-0.2, -0.15) is 0 Å². The Morgan fingerprint density at radius 3 is 2.07 bits per heavy atom. The van der Waals surface area contributed by atoms with E-state index in [-0.39, 0.29) is 0 Å². The minimum absolute atomic E-state index is 0.847. The molecule has 0 N–H and O–H groups in total. The summed E-state index contributed by atoms with van der Waals surface area (Å²) in [5, 5.41) is 0. The van der Waals surface area contributed by atoms with Crippen LogP contribution in [-0.4, -0.2) is 24.5 Å². The largest absolute Gasteiger partial charge is 0.303 e. The molecule has 0 saturated carbocycles. The third kappa shape index (κ3) is 6.42. The molecule has 14 heavy (non-hydrogen) atoms. The van der Waals surface area contributed by atoms with Gasteiger partial charge < -0.3 is 4.90 Å². The fourth-order valence-electron chi connectivity index (χ4n) is 2.10. The summed E-state index contributed by atoms with van der Waals surface area (Å²) in [5.41, 5.74) is 0. The van der Waals surface area contributed by atoms with Crippen molar-refractivity contribution in [3.8, 4) is 0 Å². The first-order chi connectivity index (χ1) is 6.63. The lowest BCUT2D eigenvalue weighted by Gasteiger charge is -2.26. The fraction of sp³-hybridized carbons (Fsp3) is 1.00. The Morgan fingerprint density at radius 2 is 1.71 bits per heavy atom. The van der Waals surface area contributed by atoms with E-state index in [1.165, 1.54) is 38.9 Å². The summed E-state index contributed by atoms with van der Waals surface area (Å²) in [6.45, 7) is 15.3. The molecule has 0 aliphatic rings. The number of nitrogens with zero attached hydrogens (tertiary/aromatic N) is 1. The highest BCUT2D eigenvalue weighted by atomic mass is 15.1. The van der Waals surface area contributed by atoms with Gasteiger partial charge in [0.25, 0.3) is 0 Å². The highest BCUT2D eigenvalue weighted by Crippen LogP contribution is 2.16. The average Bonchev–Trinajstić information content (AvgIpc) is 2.15. The molecule has 0 aromatic heterocycles. The highest BCUT2D eigenvalue weighted by Gasteiger charge is 2.12. The van der Waals surface area contributed by atoms with Crippen molar-refractivity contribution < 1.29 is 0 Å². The van der Waals surface area contributed by atoms with Gasteiger partial charge in [-0.25, -0.2) is 0 Å². The van der Waals surface area contributed by atoms with Crippen LogP contribution in [0, 0.1) is 11.8 Å². The second kappa shape index (κ2) is 8.28. The van der Waals surface area contributed by atoms with Gasteiger partial charge in [-0.3, -0.25) is 0 Å². The average molecular weight is 199 g/mol. The minimum atomic E-state index is 0.847. The van der Waals surface area contributed by atoms with Crippen LogP contribution in [0.2, 0.25) is 0 Å². The lowest BCUT2D eigenvalue weighted by Crippen LogP contribution is -2.30. The van der Waals surface area contributed by atoms with Crippen molar-refractivity contribution in [1.29, 1.82) is 0 Å². The summed E-state index contributed by atoms with van der Waals surface area (Å²) in [6, 6.07) is 0. The molecule has 0 aromatic rings. The van der Waals surface area contributed by atoms with Crippen LogP contribution in [0.25, 0.3) is 0 Å². The van der Waals surface area contributed by atoms with E-state index >= 15 is 0 Å². The molecular formula is C13H29N. The fourth-order valence-corrected chi connectivity index (χ4v) is 2.10. The van der Waals surface area contributed by atoms with Gasteiger partial charge in [0.05, 0.1) is 0 Å². The first-order valence-corrected chi connectivity index (χ1v) is 6.36. The van der Waals surface area contributed by atoms with Crippen molar-refractivity contribution >= 4 is 0 Å². The van der Waals surface area contributed by atoms with Crippen LogP contribution in [0.15, 0.2) is 0 Å². The molecule has 0 aliphatic carbocycles. The van der Waals surface area contributed by atoms with Gasteiger partial charge in [0.1, 0.15) is 0 Å². The molecule has 0 fully saturated rings. The van der Waals surface area contributed by atoms with Gasteiger partial charge in [0.2, 0.25) is 0 Å². The Labute approximate surface area is 90.9 Å². The molecule has 0 rings (SSSR count). The predicted octanol–water partition coefficient (Wildman–Crippen LogP) is 3.79. The topological polar surface area (TPSA) is 3.24 Å². The van der Waals surface area contributed by atoms with E-state index in [0.29, 0.717) is 0 Å².